The number of amides is 1. The molecule has 1 aliphatic carbocycles. The molecule has 0 aromatic heterocycles. The molecule has 6 heteroatoms. The fourth-order valence-electron chi connectivity index (χ4n) is 1.44. The normalized spacial score (nSPS) is 14.4. The smallest absolute Gasteiger partial charge is 0.257 e. The molecule has 0 spiro atoms. The number of rotatable bonds is 5. The third kappa shape index (κ3) is 3.66. The van der Waals surface area contributed by atoms with Crippen molar-refractivity contribution >= 4 is 21.8 Å². The van der Waals surface area contributed by atoms with Gasteiger partial charge >= 0.3 is 0 Å². The predicted octanol–water partition coefficient (Wildman–Crippen LogP) is 2.63. The topological polar surface area (TPSA) is 38.3 Å². The van der Waals surface area contributed by atoms with Crippen LogP contribution in [0, 0.1) is 17.6 Å². The molecule has 1 N–H and O–H groups in total. The number of hydrogen-bond acceptors (Lipinski definition) is 2. The van der Waals surface area contributed by atoms with Crippen LogP contribution >= 0.6 is 15.9 Å². The first-order valence-electron chi connectivity index (χ1n) is 5.60. The Balaban J connectivity index is 1.86. The van der Waals surface area contributed by atoms with Gasteiger partial charge in [0, 0.05) is 12.6 Å². The summed E-state index contributed by atoms with van der Waals surface area (Å²) in [7, 11) is 0. The van der Waals surface area contributed by atoms with Crippen molar-refractivity contribution in [3.05, 3.63) is 28.2 Å². The van der Waals surface area contributed by atoms with Gasteiger partial charge < -0.3 is 10.1 Å². The first-order valence-corrected chi connectivity index (χ1v) is 6.39. The summed E-state index contributed by atoms with van der Waals surface area (Å²) >= 11 is 2.98. The van der Waals surface area contributed by atoms with E-state index in [0.29, 0.717) is 18.5 Å². The van der Waals surface area contributed by atoms with Crippen LogP contribution in [0.3, 0.4) is 0 Å². The van der Waals surface area contributed by atoms with Crippen molar-refractivity contribution in [2.24, 2.45) is 5.92 Å². The summed E-state index contributed by atoms with van der Waals surface area (Å²) in [6.45, 7) is 0.350. The Morgan fingerprint density at radius 1 is 1.44 bits per heavy atom. The number of nitrogens with one attached hydrogen (secondary N) is 1. The summed E-state index contributed by atoms with van der Waals surface area (Å²) in [5, 5.41) is 2.69. The van der Waals surface area contributed by atoms with Crippen molar-refractivity contribution in [3.8, 4) is 5.75 Å². The molecule has 1 saturated carbocycles. The van der Waals surface area contributed by atoms with Gasteiger partial charge in [0.1, 0.15) is 5.82 Å². The van der Waals surface area contributed by atoms with Crippen LogP contribution in [-0.2, 0) is 4.79 Å². The first-order chi connectivity index (χ1) is 8.56. The van der Waals surface area contributed by atoms with Crippen molar-refractivity contribution in [2.75, 3.05) is 13.2 Å². The minimum Gasteiger partial charge on any atom is -0.480 e. The fourth-order valence-corrected chi connectivity index (χ4v) is 1.96. The predicted molar refractivity (Wildman–Crippen MR) is 65.3 cm³/mol. The first kappa shape index (κ1) is 13.3. The van der Waals surface area contributed by atoms with Crippen LogP contribution in [-0.4, -0.2) is 19.1 Å². The van der Waals surface area contributed by atoms with Gasteiger partial charge in [-0.25, -0.2) is 8.78 Å². The molecule has 0 bridgehead atoms. The Labute approximate surface area is 112 Å². The molecule has 3 nitrogen and oxygen atoms in total. The standard InChI is InChI=1S/C12H12BrF2NO2/c13-9-3-8(14)4-10(15)12(9)18-6-11(17)16-5-7-1-2-7/h3-4,7H,1-2,5-6H2,(H,16,17). The van der Waals surface area contributed by atoms with Crippen molar-refractivity contribution in [2.45, 2.75) is 12.8 Å². The molecular weight excluding hydrogens is 308 g/mol. The molecule has 0 aliphatic heterocycles. The summed E-state index contributed by atoms with van der Waals surface area (Å²) in [6, 6.07) is 1.79. The zero-order valence-corrected chi connectivity index (χ0v) is 11.1. The number of carbonyl (C=O) groups excluding carboxylic acids is 1. The van der Waals surface area contributed by atoms with Crippen LogP contribution < -0.4 is 10.1 Å². The van der Waals surface area contributed by atoms with Crippen molar-refractivity contribution in [3.63, 3.8) is 0 Å². The van der Waals surface area contributed by atoms with E-state index in [1.165, 1.54) is 0 Å². The maximum absolute atomic E-state index is 13.4. The maximum Gasteiger partial charge on any atom is 0.257 e. The molecule has 1 amide bonds. The molecule has 1 aliphatic rings. The van der Waals surface area contributed by atoms with Crippen LogP contribution in [0.25, 0.3) is 0 Å². The molecule has 0 radical (unpaired) electrons. The number of ether oxygens (including phenoxy) is 1. The highest BCUT2D eigenvalue weighted by molar-refractivity contribution is 9.10. The number of benzene rings is 1. The second kappa shape index (κ2) is 5.65. The van der Waals surface area contributed by atoms with Gasteiger partial charge in [0.25, 0.3) is 5.91 Å². The van der Waals surface area contributed by atoms with E-state index in [1.54, 1.807) is 0 Å². The second-order valence-electron chi connectivity index (χ2n) is 4.23. The van der Waals surface area contributed by atoms with Crippen LogP contribution in [0.15, 0.2) is 16.6 Å². The highest BCUT2D eigenvalue weighted by Crippen LogP contribution is 2.29. The van der Waals surface area contributed by atoms with E-state index in [1.807, 2.05) is 0 Å². The third-order valence-electron chi connectivity index (χ3n) is 2.60. The largest absolute Gasteiger partial charge is 0.480 e. The van der Waals surface area contributed by atoms with E-state index in [-0.39, 0.29) is 22.7 Å². The van der Waals surface area contributed by atoms with E-state index in [9.17, 15) is 13.6 Å². The van der Waals surface area contributed by atoms with E-state index < -0.39 is 11.6 Å². The third-order valence-corrected chi connectivity index (χ3v) is 3.18. The van der Waals surface area contributed by atoms with Crippen molar-refractivity contribution in [1.29, 1.82) is 0 Å². The van der Waals surface area contributed by atoms with E-state index in [0.717, 1.165) is 18.9 Å². The highest BCUT2D eigenvalue weighted by atomic mass is 79.9. The Bertz CT molecular complexity index is 440. The zero-order chi connectivity index (χ0) is 13.1. The van der Waals surface area contributed by atoms with E-state index >= 15 is 0 Å². The quantitative estimate of drug-likeness (QED) is 0.906. The van der Waals surface area contributed by atoms with Crippen LogP contribution in [0.5, 0.6) is 5.75 Å². The molecule has 2 rings (SSSR count). The maximum atomic E-state index is 13.4. The average molecular weight is 320 g/mol. The van der Waals surface area contributed by atoms with Crippen LogP contribution in [0.2, 0.25) is 0 Å². The molecule has 0 atom stereocenters. The molecule has 0 saturated heterocycles. The molecule has 0 heterocycles. The van der Waals surface area contributed by atoms with Gasteiger partial charge in [-0.3, -0.25) is 4.79 Å². The minimum atomic E-state index is -0.836. The zero-order valence-electron chi connectivity index (χ0n) is 9.51. The lowest BCUT2D eigenvalue weighted by Crippen LogP contribution is -2.30. The molecule has 1 aromatic carbocycles. The van der Waals surface area contributed by atoms with Gasteiger partial charge in [-0.05, 0) is 40.8 Å². The lowest BCUT2D eigenvalue weighted by Gasteiger charge is -2.09. The summed E-state index contributed by atoms with van der Waals surface area (Å²) in [4.78, 5) is 11.4. The van der Waals surface area contributed by atoms with Gasteiger partial charge in [-0.2, -0.15) is 0 Å². The monoisotopic (exact) mass is 319 g/mol. The van der Waals surface area contributed by atoms with Crippen LogP contribution in [0.4, 0.5) is 8.78 Å². The van der Waals surface area contributed by atoms with Crippen molar-refractivity contribution < 1.29 is 18.3 Å². The molecular formula is C12H12BrF2NO2. The number of halogens is 3. The Morgan fingerprint density at radius 3 is 2.78 bits per heavy atom. The minimum absolute atomic E-state index is 0.148. The lowest BCUT2D eigenvalue weighted by molar-refractivity contribution is -0.123. The molecule has 1 aromatic rings. The molecule has 18 heavy (non-hydrogen) atoms. The summed E-state index contributed by atoms with van der Waals surface area (Å²) in [5.41, 5.74) is 0. The van der Waals surface area contributed by atoms with Gasteiger partial charge in [-0.1, -0.05) is 0 Å². The molecule has 98 valence electrons. The summed E-state index contributed by atoms with van der Waals surface area (Å²) < 4.78 is 31.4. The summed E-state index contributed by atoms with van der Waals surface area (Å²) in [6.07, 6.45) is 2.28. The fraction of sp³-hybridized carbons (Fsp3) is 0.417. The Hall–Kier alpha value is -1.17. The summed E-state index contributed by atoms with van der Waals surface area (Å²) in [5.74, 6) is -1.43. The van der Waals surface area contributed by atoms with Crippen molar-refractivity contribution in [1.82, 2.24) is 5.32 Å². The van der Waals surface area contributed by atoms with Gasteiger partial charge in [-0.15, -0.1) is 0 Å². The van der Waals surface area contributed by atoms with Crippen LogP contribution in [0.1, 0.15) is 12.8 Å². The second-order valence-corrected chi connectivity index (χ2v) is 5.09. The molecule has 1 fully saturated rings. The van der Waals surface area contributed by atoms with Gasteiger partial charge in [0.2, 0.25) is 0 Å². The lowest BCUT2D eigenvalue weighted by atomic mass is 10.3. The Morgan fingerprint density at radius 2 is 2.17 bits per heavy atom. The average Bonchev–Trinajstić information content (AvgIpc) is 3.08. The number of carbonyl (C=O) groups is 1. The van der Waals surface area contributed by atoms with E-state index in [2.05, 4.69) is 21.2 Å². The van der Waals surface area contributed by atoms with E-state index in [4.69, 9.17) is 4.74 Å². The highest BCUT2D eigenvalue weighted by Gasteiger charge is 2.21. The Kier molecular flexibility index (Phi) is 4.16. The van der Waals surface area contributed by atoms with Gasteiger partial charge in [0.15, 0.2) is 18.2 Å². The number of hydrogen-bond donors (Lipinski definition) is 1. The SMILES string of the molecule is O=C(COc1c(F)cc(F)cc1Br)NCC1CC1. The van der Waals surface area contributed by atoms with Gasteiger partial charge in [0.05, 0.1) is 4.47 Å². The molecule has 0 unspecified atom stereocenters.